The van der Waals surface area contributed by atoms with Crippen molar-refractivity contribution in [2.24, 2.45) is 0 Å². The third-order valence-corrected chi connectivity index (χ3v) is 3.57. The number of hydrogen-bond acceptors (Lipinski definition) is 3. The van der Waals surface area contributed by atoms with Crippen molar-refractivity contribution in [1.82, 2.24) is 14.5 Å². The van der Waals surface area contributed by atoms with Gasteiger partial charge in [-0.2, -0.15) is 5.26 Å². The number of nitrogens with zero attached hydrogens (tertiary/aromatic N) is 4. The molecule has 96 valence electrons. The van der Waals surface area contributed by atoms with Crippen LogP contribution in [0.2, 0.25) is 0 Å². The van der Waals surface area contributed by atoms with E-state index in [1.165, 1.54) is 5.56 Å². The number of imidazole rings is 1. The largest absolute Gasteiger partial charge is 0.287 e. The van der Waals surface area contributed by atoms with E-state index in [4.69, 9.17) is 4.98 Å². The van der Waals surface area contributed by atoms with Crippen LogP contribution in [0.15, 0.2) is 18.5 Å². The fourth-order valence-electron chi connectivity index (χ4n) is 2.66. The molecule has 0 aliphatic heterocycles. The molecule has 2 aromatic heterocycles. The molecule has 0 amide bonds. The summed E-state index contributed by atoms with van der Waals surface area (Å²) >= 11 is 0. The summed E-state index contributed by atoms with van der Waals surface area (Å²) in [5.41, 5.74) is 3.03. The Kier molecular flexibility index (Phi) is 3.04. The molecule has 0 unspecified atom stereocenters. The molecule has 0 aromatic carbocycles. The Morgan fingerprint density at radius 3 is 3.11 bits per heavy atom. The molecule has 0 saturated carbocycles. The lowest BCUT2D eigenvalue weighted by molar-refractivity contribution is 0.792. The predicted molar refractivity (Wildman–Crippen MR) is 72.1 cm³/mol. The van der Waals surface area contributed by atoms with E-state index in [1.54, 1.807) is 6.20 Å². The number of pyridine rings is 1. The minimum atomic E-state index is 0.649. The zero-order valence-corrected chi connectivity index (χ0v) is 11.1. The van der Waals surface area contributed by atoms with Crippen LogP contribution in [-0.4, -0.2) is 14.5 Å². The second-order valence-corrected chi connectivity index (χ2v) is 4.89. The molecule has 0 radical (unpaired) electrons. The Bertz CT molecular complexity index is 649. The standard InChI is InChI=1S/C15H16N4/c1-2-4-14-17-7-8-19(14)15-12(10-16)9-11-5-3-6-13(11)18-15/h7-9H,2-6H2,1H3. The Labute approximate surface area is 112 Å². The van der Waals surface area contributed by atoms with E-state index in [1.807, 2.05) is 16.8 Å². The smallest absolute Gasteiger partial charge is 0.156 e. The van der Waals surface area contributed by atoms with Crippen molar-refractivity contribution in [2.45, 2.75) is 39.0 Å². The molecule has 0 bridgehead atoms. The van der Waals surface area contributed by atoms with Gasteiger partial charge in [-0.05, 0) is 37.3 Å². The molecule has 0 spiro atoms. The van der Waals surface area contributed by atoms with Gasteiger partial charge in [0.25, 0.3) is 0 Å². The van der Waals surface area contributed by atoms with E-state index >= 15 is 0 Å². The highest BCUT2D eigenvalue weighted by Crippen LogP contribution is 2.25. The third kappa shape index (κ3) is 2.01. The van der Waals surface area contributed by atoms with Crippen LogP contribution < -0.4 is 0 Å². The van der Waals surface area contributed by atoms with Crippen LogP contribution in [0.4, 0.5) is 0 Å². The molecule has 0 N–H and O–H groups in total. The summed E-state index contributed by atoms with van der Waals surface area (Å²) in [7, 11) is 0. The molecule has 19 heavy (non-hydrogen) atoms. The van der Waals surface area contributed by atoms with Gasteiger partial charge in [0.1, 0.15) is 11.9 Å². The van der Waals surface area contributed by atoms with Gasteiger partial charge in [-0.1, -0.05) is 6.92 Å². The molecular formula is C15H16N4. The van der Waals surface area contributed by atoms with Crippen molar-refractivity contribution in [2.75, 3.05) is 0 Å². The quantitative estimate of drug-likeness (QED) is 0.843. The summed E-state index contributed by atoms with van der Waals surface area (Å²) in [4.78, 5) is 9.07. The number of fused-ring (bicyclic) bond motifs is 1. The Morgan fingerprint density at radius 2 is 2.32 bits per heavy atom. The van der Waals surface area contributed by atoms with Crippen molar-refractivity contribution in [3.05, 3.63) is 41.1 Å². The summed E-state index contributed by atoms with van der Waals surface area (Å²) in [6.07, 6.45) is 8.81. The van der Waals surface area contributed by atoms with Crippen LogP contribution in [0.25, 0.3) is 5.82 Å². The molecule has 2 heterocycles. The van der Waals surface area contributed by atoms with Crippen molar-refractivity contribution >= 4 is 0 Å². The van der Waals surface area contributed by atoms with Crippen molar-refractivity contribution < 1.29 is 0 Å². The highest BCUT2D eigenvalue weighted by molar-refractivity contribution is 5.48. The number of aryl methyl sites for hydroxylation is 3. The van der Waals surface area contributed by atoms with E-state index < -0.39 is 0 Å². The molecule has 4 nitrogen and oxygen atoms in total. The molecular weight excluding hydrogens is 236 g/mol. The van der Waals surface area contributed by atoms with Crippen LogP contribution in [0.3, 0.4) is 0 Å². The van der Waals surface area contributed by atoms with Gasteiger partial charge in [-0.25, -0.2) is 9.97 Å². The Balaban J connectivity index is 2.14. The van der Waals surface area contributed by atoms with E-state index in [-0.39, 0.29) is 0 Å². The lowest BCUT2D eigenvalue weighted by atomic mass is 10.1. The molecule has 2 aromatic rings. The topological polar surface area (TPSA) is 54.5 Å². The zero-order chi connectivity index (χ0) is 13.2. The monoisotopic (exact) mass is 252 g/mol. The number of aromatic nitrogens is 3. The van der Waals surface area contributed by atoms with Gasteiger partial charge in [0.2, 0.25) is 0 Å². The summed E-state index contributed by atoms with van der Waals surface area (Å²) in [6.45, 7) is 2.13. The fourth-order valence-corrected chi connectivity index (χ4v) is 2.66. The van der Waals surface area contributed by atoms with Gasteiger partial charge in [-0.15, -0.1) is 0 Å². The molecule has 1 aliphatic rings. The molecule has 3 rings (SSSR count). The van der Waals surface area contributed by atoms with Gasteiger partial charge < -0.3 is 0 Å². The van der Waals surface area contributed by atoms with E-state index in [2.05, 4.69) is 18.0 Å². The molecule has 0 fully saturated rings. The maximum absolute atomic E-state index is 9.35. The second-order valence-electron chi connectivity index (χ2n) is 4.89. The number of rotatable bonds is 3. The summed E-state index contributed by atoms with van der Waals surface area (Å²) < 4.78 is 1.96. The Hall–Kier alpha value is -2.15. The van der Waals surface area contributed by atoms with Gasteiger partial charge in [0.05, 0.1) is 5.56 Å². The summed E-state index contributed by atoms with van der Waals surface area (Å²) in [5, 5.41) is 9.35. The molecule has 1 aliphatic carbocycles. The van der Waals surface area contributed by atoms with Gasteiger partial charge in [0.15, 0.2) is 5.82 Å². The summed E-state index contributed by atoms with van der Waals surface area (Å²) in [5.74, 6) is 1.72. The molecule has 0 atom stereocenters. The zero-order valence-electron chi connectivity index (χ0n) is 11.1. The van der Waals surface area contributed by atoms with Crippen LogP contribution >= 0.6 is 0 Å². The second kappa shape index (κ2) is 4.85. The van der Waals surface area contributed by atoms with Crippen LogP contribution in [0.1, 0.15) is 42.4 Å². The predicted octanol–water partition coefficient (Wildman–Crippen LogP) is 2.58. The van der Waals surface area contributed by atoms with E-state index in [0.29, 0.717) is 5.56 Å². The van der Waals surface area contributed by atoms with Gasteiger partial charge in [0, 0.05) is 24.5 Å². The SMILES string of the molecule is CCCc1nccn1-c1nc2c(cc1C#N)CCC2. The highest BCUT2D eigenvalue weighted by Gasteiger charge is 2.18. The lowest BCUT2D eigenvalue weighted by Gasteiger charge is -2.10. The van der Waals surface area contributed by atoms with E-state index in [0.717, 1.165) is 49.4 Å². The summed E-state index contributed by atoms with van der Waals surface area (Å²) in [6, 6.07) is 4.27. The van der Waals surface area contributed by atoms with Crippen LogP contribution in [-0.2, 0) is 19.3 Å². The first-order chi connectivity index (χ1) is 9.33. The molecule has 0 saturated heterocycles. The van der Waals surface area contributed by atoms with Crippen molar-refractivity contribution in [3.8, 4) is 11.9 Å². The van der Waals surface area contributed by atoms with E-state index in [9.17, 15) is 5.26 Å². The lowest BCUT2D eigenvalue weighted by Crippen LogP contribution is -2.07. The van der Waals surface area contributed by atoms with Crippen molar-refractivity contribution in [3.63, 3.8) is 0 Å². The number of nitriles is 1. The van der Waals surface area contributed by atoms with Crippen LogP contribution in [0, 0.1) is 11.3 Å². The number of hydrogen-bond donors (Lipinski definition) is 0. The third-order valence-electron chi connectivity index (χ3n) is 3.57. The first-order valence-electron chi connectivity index (χ1n) is 6.79. The average molecular weight is 252 g/mol. The minimum Gasteiger partial charge on any atom is -0.287 e. The maximum Gasteiger partial charge on any atom is 0.156 e. The maximum atomic E-state index is 9.35. The first kappa shape index (κ1) is 11.9. The normalized spacial score (nSPS) is 13.3. The Morgan fingerprint density at radius 1 is 1.42 bits per heavy atom. The van der Waals surface area contributed by atoms with Crippen molar-refractivity contribution in [1.29, 1.82) is 5.26 Å². The van der Waals surface area contributed by atoms with Crippen LogP contribution in [0.5, 0.6) is 0 Å². The highest BCUT2D eigenvalue weighted by atomic mass is 15.1. The average Bonchev–Trinajstić information content (AvgIpc) is 3.05. The van der Waals surface area contributed by atoms with Gasteiger partial charge in [-0.3, -0.25) is 4.57 Å². The first-order valence-corrected chi connectivity index (χ1v) is 6.79. The van der Waals surface area contributed by atoms with Gasteiger partial charge >= 0.3 is 0 Å². The molecule has 4 heteroatoms. The minimum absolute atomic E-state index is 0.649. The fraction of sp³-hybridized carbons (Fsp3) is 0.400.